The molecule has 0 aromatic rings. The molecule has 0 spiro atoms. The van der Waals surface area contributed by atoms with Crippen LogP contribution in [-0.2, 0) is 18.6 Å². The molecule has 0 heterocycles. The van der Waals surface area contributed by atoms with Crippen LogP contribution in [0.15, 0.2) is 0 Å². The maximum Gasteiger partial charge on any atom is 1.00 e. The van der Waals surface area contributed by atoms with E-state index < -0.39 is 20.4 Å². The molecule has 0 fully saturated rings. The fourth-order valence-corrected chi connectivity index (χ4v) is 0.996. The van der Waals surface area contributed by atoms with Crippen LogP contribution in [0.1, 0.15) is 26.2 Å². The predicted molar refractivity (Wildman–Crippen MR) is 44.0 cm³/mol. The Kier molecular flexibility index (Phi) is 21.3. The van der Waals surface area contributed by atoms with E-state index in [0.29, 0.717) is 6.42 Å². The van der Waals surface area contributed by atoms with Crippen LogP contribution in [0.25, 0.3) is 0 Å². The second-order valence-electron chi connectivity index (χ2n) is 2.60. The van der Waals surface area contributed by atoms with E-state index in [9.17, 15) is 19.1 Å². The summed E-state index contributed by atoms with van der Waals surface area (Å²) >= 11 is 0. The van der Waals surface area contributed by atoms with Crippen LogP contribution in [0.5, 0.6) is 0 Å². The Balaban J connectivity index is -0.000000845. The predicted octanol–water partition coefficient (Wildman–Crippen LogP) is -6.43. The van der Waals surface area contributed by atoms with Gasteiger partial charge in [0, 0.05) is 6.42 Å². The average Bonchev–Trinajstić information content (AvgIpc) is 2.07. The van der Waals surface area contributed by atoms with Crippen LogP contribution in [0, 0.1) is 0 Å². The van der Waals surface area contributed by atoms with Gasteiger partial charge >= 0.3 is 109 Å². The molecule has 0 aromatic heterocycles. The zero-order chi connectivity index (χ0) is 11.0. The largest absolute Gasteiger partial charge is 1.00 e. The van der Waals surface area contributed by atoms with E-state index in [0.717, 1.165) is 12.8 Å². The van der Waals surface area contributed by atoms with Crippen molar-refractivity contribution in [2.24, 2.45) is 0 Å². The molecule has 84 valence electrons. The third kappa shape index (κ3) is 19.2. The molecule has 0 rings (SSSR count). The normalized spacial score (nSPS) is 9.94. The Hall–Kier alpha value is 2.85. The van der Waals surface area contributed by atoms with Crippen molar-refractivity contribution in [2.45, 2.75) is 26.2 Å². The molecule has 0 unspecified atom stereocenters. The van der Waals surface area contributed by atoms with Crippen molar-refractivity contribution in [3.63, 3.8) is 0 Å². The first kappa shape index (κ1) is 23.9. The van der Waals surface area contributed by atoms with E-state index in [2.05, 4.69) is 9.26 Å². The van der Waals surface area contributed by atoms with E-state index in [4.69, 9.17) is 0 Å². The van der Waals surface area contributed by atoms with Crippen molar-refractivity contribution in [1.82, 2.24) is 0 Å². The molecule has 0 radical (unpaired) electrons. The monoisotopic (exact) mass is 302 g/mol. The van der Waals surface area contributed by atoms with Gasteiger partial charge in [-0.1, -0.05) is 13.3 Å². The van der Waals surface area contributed by atoms with Gasteiger partial charge in [0.2, 0.25) is 0 Å². The minimum absolute atomic E-state index is 0. The standard InChI is InChI=1S/C7H15O6P.2K/c1-2-3-4-7(8)12-5-6-13-14(9,10)11;;/h2-6H2,1H3,(H2,9,10,11);;/q;2*+1/p-2. The molecular formula is C7H13K2O6P. The van der Waals surface area contributed by atoms with Gasteiger partial charge in [-0.3, -0.25) is 4.79 Å². The second kappa shape index (κ2) is 14.3. The van der Waals surface area contributed by atoms with Crippen LogP contribution in [0.4, 0.5) is 0 Å². The number of phosphoric acid groups is 1. The summed E-state index contributed by atoms with van der Waals surface area (Å²) in [6, 6.07) is 0. The molecule has 0 saturated heterocycles. The number of carbonyl (C=O) groups excluding carboxylic acids is 1. The Morgan fingerprint density at radius 2 is 1.81 bits per heavy atom. The van der Waals surface area contributed by atoms with Gasteiger partial charge in [0.05, 0.1) is 14.4 Å². The van der Waals surface area contributed by atoms with E-state index in [-0.39, 0.29) is 109 Å². The molecule has 0 atom stereocenters. The van der Waals surface area contributed by atoms with Crippen LogP contribution in [0.3, 0.4) is 0 Å². The van der Waals surface area contributed by atoms with Crippen molar-refractivity contribution >= 4 is 13.8 Å². The van der Waals surface area contributed by atoms with Gasteiger partial charge in [0.25, 0.3) is 0 Å². The molecular weight excluding hydrogens is 289 g/mol. The van der Waals surface area contributed by atoms with E-state index in [1.165, 1.54) is 0 Å². The number of ether oxygens (including phenoxy) is 1. The molecule has 6 nitrogen and oxygen atoms in total. The fraction of sp³-hybridized carbons (Fsp3) is 0.857. The van der Waals surface area contributed by atoms with Crippen molar-refractivity contribution in [1.29, 1.82) is 0 Å². The van der Waals surface area contributed by atoms with E-state index >= 15 is 0 Å². The molecule has 0 saturated carbocycles. The molecule has 0 bridgehead atoms. The zero-order valence-electron chi connectivity index (χ0n) is 9.93. The summed E-state index contributed by atoms with van der Waals surface area (Å²) in [4.78, 5) is 30.7. The van der Waals surface area contributed by atoms with Crippen molar-refractivity contribution in [2.75, 3.05) is 13.2 Å². The quantitative estimate of drug-likeness (QED) is 0.201. The number of hydrogen-bond donors (Lipinski definition) is 0. The summed E-state index contributed by atoms with van der Waals surface area (Å²) < 4.78 is 18.4. The first-order valence-electron chi connectivity index (χ1n) is 4.28. The van der Waals surface area contributed by atoms with Crippen LogP contribution in [0.2, 0.25) is 0 Å². The van der Waals surface area contributed by atoms with Crippen LogP contribution < -0.4 is 113 Å². The van der Waals surface area contributed by atoms with Crippen molar-refractivity contribution < 1.29 is 131 Å². The average molecular weight is 302 g/mol. The van der Waals surface area contributed by atoms with Gasteiger partial charge in [-0.15, -0.1) is 0 Å². The number of hydrogen-bond acceptors (Lipinski definition) is 6. The second-order valence-corrected chi connectivity index (χ2v) is 3.76. The summed E-state index contributed by atoms with van der Waals surface area (Å²) in [5.74, 6) is -0.415. The molecule has 0 aliphatic heterocycles. The third-order valence-corrected chi connectivity index (χ3v) is 1.83. The van der Waals surface area contributed by atoms with Crippen molar-refractivity contribution in [3.05, 3.63) is 0 Å². The number of esters is 1. The molecule has 9 heteroatoms. The topological polar surface area (TPSA) is 98.7 Å². The van der Waals surface area contributed by atoms with E-state index in [1.807, 2.05) is 6.92 Å². The van der Waals surface area contributed by atoms with Crippen molar-refractivity contribution in [3.8, 4) is 0 Å². The van der Waals surface area contributed by atoms with Gasteiger partial charge in [0.1, 0.15) is 6.61 Å². The molecule has 0 aliphatic rings. The summed E-state index contributed by atoms with van der Waals surface area (Å²) in [6.45, 7) is 1.31. The smallest absolute Gasteiger partial charge is 0.790 e. The summed E-state index contributed by atoms with van der Waals surface area (Å²) in [6.07, 6.45) is 1.89. The van der Waals surface area contributed by atoms with Gasteiger partial charge in [-0.25, -0.2) is 0 Å². The number of unbranched alkanes of at least 4 members (excludes halogenated alkanes) is 1. The van der Waals surface area contributed by atoms with Gasteiger partial charge < -0.3 is 23.6 Å². The zero-order valence-corrected chi connectivity index (χ0v) is 17.1. The molecule has 0 aliphatic carbocycles. The number of phosphoric ester groups is 1. The minimum Gasteiger partial charge on any atom is -0.790 e. The first-order valence-corrected chi connectivity index (χ1v) is 5.74. The molecule has 0 N–H and O–H groups in total. The van der Waals surface area contributed by atoms with E-state index in [1.54, 1.807) is 0 Å². The summed E-state index contributed by atoms with van der Waals surface area (Å²) in [5.41, 5.74) is 0. The third-order valence-electron chi connectivity index (χ3n) is 1.33. The first-order chi connectivity index (χ1) is 6.45. The Morgan fingerprint density at radius 3 is 2.25 bits per heavy atom. The fourth-order valence-electron chi connectivity index (χ4n) is 0.698. The van der Waals surface area contributed by atoms with Crippen LogP contribution >= 0.6 is 7.82 Å². The Morgan fingerprint density at radius 1 is 1.25 bits per heavy atom. The number of carbonyl (C=O) groups is 1. The maximum atomic E-state index is 10.8. The summed E-state index contributed by atoms with van der Waals surface area (Å²) in [7, 11) is -4.94. The van der Waals surface area contributed by atoms with Gasteiger partial charge in [-0.05, 0) is 6.42 Å². The number of rotatable bonds is 7. The van der Waals surface area contributed by atoms with Gasteiger partial charge in [0.15, 0.2) is 0 Å². The molecule has 16 heavy (non-hydrogen) atoms. The Bertz CT molecular complexity index is 219. The minimum atomic E-state index is -4.94. The van der Waals surface area contributed by atoms with Gasteiger partial charge in [-0.2, -0.15) is 0 Å². The molecule has 0 amide bonds. The maximum absolute atomic E-state index is 10.8. The molecule has 0 aromatic carbocycles. The Labute approximate surface area is 180 Å². The summed E-state index contributed by atoms with van der Waals surface area (Å²) in [5, 5.41) is 0. The SMILES string of the molecule is CCCCC(=O)OCCOP(=O)([O-])[O-].[K+].[K+]. The van der Waals surface area contributed by atoms with Crippen LogP contribution in [-0.4, -0.2) is 19.2 Å².